The van der Waals surface area contributed by atoms with E-state index in [2.05, 4.69) is 31.2 Å². The summed E-state index contributed by atoms with van der Waals surface area (Å²) >= 11 is 0. The molecule has 0 fully saturated rings. The molecule has 1 nitrogen and oxygen atoms in total. The van der Waals surface area contributed by atoms with Gasteiger partial charge >= 0.3 is 0 Å². The lowest BCUT2D eigenvalue weighted by Gasteiger charge is -2.01. The summed E-state index contributed by atoms with van der Waals surface area (Å²) in [6, 6.07) is 0. The third-order valence-electron chi connectivity index (χ3n) is 3.21. The Kier molecular flexibility index (Phi) is 14.6. The highest BCUT2D eigenvalue weighted by Crippen LogP contribution is 2.08. The van der Waals surface area contributed by atoms with Gasteiger partial charge in [-0.15, -0.1) is 0 Å². The highest BCUT2D eigenvalue weighted by Gasteiger charge is 2.02. The molecule has 0 spiro atoms. The molecule has 0 heterocycles. The van der Waals surface area contributed by atoms with Crippen molar-refractivity contribution in [2.45, 2.75) is 78.0 Å². The molecule has 0 amide bonds. The largest absolute Gasteiger partial charge is 0.312 e. The van der Waals surface area contributed by atoms with E-state index in [-0.39, 0.29) is 0 Å². The topological polar surface area (TPSA) is 17.1 Å². The first-order valence-corrected chi connectivity index (χ1v) is 7.89. The number of allylic oxidation sites excluding steroid dienone is 4. The van der Waals surface area contributed by atoms with E-state index >= 15 is 0 Å². The molecule has 0 saturated carbocycles. The predicted molar refractivity (Wildman–Crippen MR) is 86.7 cm³/mol. The maximum atomic E-state index is 11.6. The van der Waals surface area contributed by atoms with Crippen LogP contribution < -0.4 is 0 Å². The number of unbranched alkanes of at least 4 members (excludes halogenated alkanes) is 6. The normalized spacial score (nSPS) is 11.5. The number of carbonyl (C=O) groups is 1. The zero-order chi connectivity index (χ0) is 14.2. The zero-order valence-electron chi connectivity index (χ0n) is 12.9. The Morgan fingerprint density at radius 1 is 0.842 bits per heavy atom. The second-order valence-corrected chi connectivity index (χ2v) is 5.05. The maximum Gasteiger partial charge on any atom is 0.202 e. The molecular weight excluding hydrogens is 231 g/mol. The summed E-state index contributed by atoms with van der Waals surface area (Å²) in [5.74, 6) is 0. The van der Waals surface area contributed by atoms with Crippen LogP contribution in [0, 0.1) is 0 Å². The van der Waals surface area contributed by atoms with Crippen molar-refractivity contribution < 1.29 is 4.79 Å². The smallest absolute Gasteiger partial charge is 0.202 e. The van der Waals surface area contributed by atoms with Crippen molar-refractivity contribution in [3.05, 3.63) is 24.3 Å². The Bertz CT molecular complexity index is 256. The van der Waals surface area contributed by atoms with Crippen LogP contribution in [-0.4, -0.2) is 13.0 Å². The van der Waals surface area contributed by atoms with E-state index in [4.69, 9.17) is 0 Å². The minimum absolute atomic E-state index is 0.342. The van der Waals surface area contributed by atoms with Crippen LogP contribution in [0.2, 0.25) is 6.32 Å². The molecule has 0 aromatic carbocycles. The van der Waals surface area contributed by atoms with E-state index in [0.717, 1.165) is 32.0 Å². The summed E-state index contributed by atoms with van der Waals surface area (Å²) in [5.41, 5.74) is 0.342. The molecule has 0 saturated heterocycles. The minimum atomic E-state index is 0.342. The highest BCUT2D eigenvalue weighted by molar-refractivity contribution is 6.73. The lowest BCUT2D eigenvalue weighted by molar-refractivity contribution is -0.112. The molecule has 2 heteroatoms. The van der Waals surface area contributed by atoms with Crippen LogP contribution in [0.25, 0.3) is 0 Å². The van der Waals surface area contributed by atoms with Crippen molar-refractivity contribution >= 4 is 13.0 Å². The van der Waals surface area contributed by atoms with Gasteiger partial charge < -0.3 is 4.79 Å². The van der Waals surface area contributed by atoms with Gasteiger partial charge in [0.05, 0.1) is 5.68 Å². The van der Waals surface area contributed by atoms with E-state index in [9.17, 15) is 4.79 Å². The third-order valence-corrected chi connectivity index (χ3v) is 3.21. The van der Waals surface area contributed by atoms with Gasteiger partial charge in [-0.05, 0) is 46.0 Å². The Morgan fingerprint density at radius 2 is 1.42 bits per heavy atom. The van der Waals surface area contributed by atoms with Gasteiger partial charge in [-0.3, -0.25) is 0 Å². The molecular formula is C17H30BO. The number of hydrogen-bond acceptors (Lipinski definition) is 1. The molecule has 0 aliphatic heterocycles. The summed E-state index contributed by atoms with van der Waals surface area (Å²) in [6.07, 6.45) is 19.8. The van der Waals surface area contributed by atoms with Crippen molar-refractivity contribution in [3.63, 3.8) is 0 Å². The highest BCUT2D eigenvalue weighted by atomic mass is 16.1. The molecule has 0 N–H and O–H groups in total. The molecule has 0 rings (SSSR count). The van der Waals surface area contributed by atoms with Crippen LogP contribution >= 0.6 is 0 Å². The van der Waals surface area contributed by atoms with Gasteiger partial charge in [0.2, 0.25) is 7.28 Å². The standard InChI is InChI=1S/C17H30BO/c1-3-5-7-9-10-11-12-13-15-17(19)18-16-14-8-6-4-2/h3-6H,7-16H2,1-2H3/b5-3+,6-4+. The van der Waals surface area contributed by atoms with Crippen molar-refractivity contribution in [1.29, 1.82) is 0 Å². The molecule has 0 atom stereocenters. The van der Waals surface area contributed by atoms with E-state index in [1.807, 2.05) is 14.2 Å². The number of hydrogen-bond donors (Lipinski definition) is 0. The van der Waals surface area contributed by atoms with Crippen LogP contribution in [0.5, 0.6) is 0 Å². The number of rotatable bonds is 13. The fourth-order valence-corrected chi connectivity index (χ4v) is 2.03. The Balaban J connectivity index is 3.20. The van der Waals surface area contributed by atoms with Gasteiger partial charge in [-0.25, -0.2) is 0 Å². The van der Waals surface area contributed by atoms with Crippen LogP contribution in [0.4, 0.5) is 0 Å². The molecule has 0 aromatic heterocycles. The monoisotopic (exact) mass is 261 g/mol. The predicted octanol–water partition coefficient (Wildman–Crippen LogP) is 5.30. The molecule has 107 valence electrons. The molecule has 0 aliphatic carbocycles. The number of carbonyl (C=O) groups excluding carboxylic acids is 1. The molecule has 1 radical (unpaired) electrons. The molecule has 0 bridgehead atoms. The van der Waals surface area contributed by atoms with Crippen LogP contribution in [0.3, 0.4) is 0 Å². The third kappa shape index (κ3) is 15.2. The van der Waals surface area contributed by atoms with Gasteiger partial charge in [0.25, 0.3) is 0 Å². The first-order valence-electron chi connectivity index (χ1n) is 7.89. The lowest BCUT2D eigenvalue weighted by atomic mass is 9.67. The average Bonchev–Trinajstić information content (AvgIpc) is 2.41. The van der Waals surface area contributed by atoms with E-state index < -0.39 is 0 Å². The Hall–Kier alpha value is -0.785. The van der Waals surface area contributed by atoms with Crippen molar-refractivity contribution in [1.82, 2.24) is 0 Å². The van der Waals surface area contributed by atoms with E-state index in [1.54, 1.807) is 0 Å². The van der Waals surface area contributed by atoms with E-state index in [0.29, 0.717) is 5.68 Å². The fraction of sp³-hybridized carbons (Fsp3) is 0.706. The van der Waals surface area contributed by atoms with Crippen molar-refractivity contribution in [2.75, 3.05) is 0 Å². The summed E-state index contributed by atoms with van der Waals surface area (Å²) in [6.45, 7) is 4.11. The Morgan fingerprint density at radius 3 is 2.11 bits per heavy atom. The zero-order valence-corrected chi connectivity index (χ0v) is 12.9. The van der Waals surface area contributed by atoms with Gasteiger partial charge in [0.1, 0.15) is 0 Å². The fourth-order valence-electron chi connectivity index (χ4n) is 2.03. The van der Waals surface area contributed by atoms with Crippen molar-refractivity contribution in [3.8, 4) is 0 Å². The lowest BCUT2D eigenvalue weighted by Crippen LogP contribution is -2.07. The second-order valence-electron chi connectivity index (χ2n) is 5.05. The van der Waals surface area contributed by atoms with Gasteiger partial charge in [-0.1, -0.05) is 56.3 Å². The summed E-state index contributed by atoms with van der Waals surface area (Å²) in [7, 11) is 1.88. The minimum Gasteiger partial charge on any atom is -0.312 e. The quantitative estimate of drug-likeness (QED) is 0.250. The summed E-state index contributed by atoms with van der Waals surface area (Å²) < 4.78 is 0. The van der Waals surface area contributed by atoms with Gasteiger partial charge in [-0.2, -0.15) is 0 Å². The van der Waals surface area contributed by atoms with Crippen LogP contribution in [0.1, 0.15) is 71.6 Å². The molecule has 0 aliphatic rings. The SMILES string of the molecule is C/C=C/CCC[B]C(=O)CCCCCCC/C=C/C. The summed E-state index contributed by atoms with van der Waals surface area (Å²) in [4.78, 5) is 11.6. The first-order chi connectivity index (χ1) is 9.31. The van der Waals surface area contributed by atoms with Crippen molar-refractivity contribution in [2.24, 2.45) is 0 Å². The maximum absolute atomic E-state index is 11.6. The van der Waals surface area contributed by atoms with Gasteiger partial charge in [0.15, 0.2) is 0 Å². The molecule has 0 unspecified atom stereocenters. The average molecular weight is 261 g/mol. The van der Waals surface area contributed by atoms with Gasteiger partial charge in [0, 0.05) is 0 Å². The summed E-state index contributed by atoms with van der Waals surface area (Å²) in [5, 5.41) is 0. The van der Waals surface area contributed by atoms with Crippen LogP contribution in [-0.2, 0) is 4.79 Å². The first kappa shape index (κ1) is 18.2. The van der Waals surface area contributed by atoms with E-state index in [1.165, 1.54) is 32.1 Å². The molecule has 0 aromatic rings. The second kappa shape index (κ2) is 15.3. The molecule has 19 heavy (non-hydrogen) atoms. The Labute approximate surface area is 120 Å². The van der Waals surface area contributed by atoms with Crippen LogP contribution in [0.15, 0.2) is 24.3 Å².